The van der Waals surface area contributed by atoms with E-state index >= 15 is 0 Å². The maximum atomic E-state index is 12.8. The number of benzene rings is 1. The Morgan fingerprint density at radius 3 is 2.62 bits per heavy atom. The molecule has 0 fully saturated rings. The molecule has 0 radical (unpaired) electrons. The minimum absolute atomic E-state index is 0. The molecule has 0 amide bonds. The zero-order valence-electron chi connectivity index (χ0n) is 6.84. The third-order valence-electron chi connectivity index (χ3n) is 1.58. The number of hydrogen-bond acceptors (Lipinski definition) is 1. The van der Waals surface area contributed by atoms with Crippen LogP contribution in [0.5, 0.6) is 0 Å². The van der Waals surface area contributed by atoms with Crippen molar-refractivity contribution in [3.63, 3.8) is 0 Å². The van der Waals surface area contributed by atoms with Gasteiger partial charge in [0.25, 0.3) is 0 Å². The summed E-state index contributed by atoms with van der Waals surface area (Å²) in [7, 11) is 0. The van der Waals surface area contributed by atoms with Crippen molar-refractivity contribution in [3.05, 3.63) is 46.7 Å². The Labute approximate surface area is 91.4 Å². The topological polar surface area (TPSA) is 26.0 Å². The van der Waals surface area contributed by atoms with E-state index in [-0.39, 0.29) is 24.3 Å². The van der Waals surface area contributed by atoms with Crippen LogP contribution in [0, 0.1) is 5.82 Å². The van der Waals surface area contributed by atoms with Crippen molar-refractivity contribution in [3.8, 4) is 0 Å². The molecule has 0 aliphatic rings. The first-order chi connectivity index (χ1) is 5.65. The van der Waals surface area contributed by atoms with Gasteiger partial charge in [-0.15, -0.1) is 19.0 Å². The lowest BCUT2D eigenvalue weighted by molar-refractivity contribution is 0.619. The van der Waals surface area contributed by atoms with Gasteiger partial charge in [-0.3, -0.25) is 0 Å². The van der Waals surface area contributed by atoms with Gasteiger partial charge in [0, 0.05) is 6.04 Å². The van der Waals surface area contributed by atoms with E-state index in [9.17, 15) is 4.39 Å². The monoisotopic (exact) mass is 265 g/mol. The fourth-order valence-electron chi connectivity index (χ4n) is 0.856. The Hall–Kier alpha value is -0.380. The van der Waals surface area contributed by atoms with E-state index in [1.165, 1.54) is 6.07 Å². The number of nitrogens with two attached hydrogens (primary N) is 1. The largest absolute Gasteiger partial charge is 0.321 e. The van der Waals surface area contributed by atoms with Crippen LogP contribution >= 0.6 is 28.3 Å². The zero-order valence-corrected chi connectivity index (χ0v) is 9.24. The Morgan fingerprint density at radius 1 is 1.54 bits per heavy atom. The quantitative estimate of drug-likeness (QED) is 0.818. The number of hydrogen-bond donors (Lipinski definition) is 1. The lowest BCUT2D eigenvalue weighted by Gasteiger charge is -2.06. The highest BCUT2D eigenvalue weighted by atomic mass is 79.9. The van der Waals surface area contributed by atoms with Gasteiger partial charge in [-0.05, 0) is 33.6 Å². The van der Waals surface area contributed by atoms with Gasteiger partial charge in [-0.1, -0.05) is 12.1 Å². The van der Waals surface area contributed by atoms with Crippen molar-refractivity contribution in [1.82, 2.24) is 0 Å². The average molecular weight is 267 g/mol. The van der Waals surface area contributed by atoms with Crippen LogP contribution in [-0.2, 0) is 0 Å². The summed E-state index contributed by atoms with van der Waals surface area (Å²) in [5, 5.41) is 0. The normalized spacial score (nSPS) is 11.6. The minimum atomic E-state index is -0.282. The van der Waals surface area contributed by atoms with Gasteiger partial charge >= 0.3 is 0 Å². The molecule has 4 heteroatoms. The van der Waals surface area contributed by atoms with Gasteiger partial charge in [-0.25, -0.2) is 4.39 Å². The number of halogens is 3. The van der Waals surface area contributed by atoms with Crippen molar-refractivity contribution in [2.75, 3.05) is 0 Å². The third-order valence-corrected chi connectivity index (χ3v) is 2.19. The van der Waals surface area contributed by atoms with E-state index in [0.29, 0.717) is 4.47 Å². The van der Waals surface area contributed by atoms with Crippen LogP contribution in [0.25, 0.3) is 0 Å². The number of rotatable bonds is 2. The fraction of sp³-hybridized carbons (Fsp3) is 0.111. The summed E-state index contributed by atoms with van der Waals surface area (Å²) in [6, 6.07) is 4.44. The summed E-state index contributed by atoms with van der Waals surface area (Å²) < 4.78 is 13.2. The summed E-state index contributed by atoms with van der Waals surface area (Å²) in [5.41, 5.74) is 6.50. The summed E-state index contributed by atoms with van der Waals surface area (Å²) in [5.74, 6) is -0.282. The minimum Gasteiger partial charge on any atom is -0.321 e. The molecule has 0 aromatic heterocycles. The van der Waals surface area contributed by atoms with E-state index in [2.05, 4.69) is 22.5 Å². The van der Waals surface area contributed by atoms with E-state index in [4.69, 9.17) is 5.73 Å². The first kappa shape index (κ1) is 12.6. The van der Waals surface area contributed by atoms with Crippen LogP contribution in [-0.4, -0.2) is 0 Å². The lowest BCUT2D eigenvalue weighted by Crippen LogP contribution is -2.06. The fourth-order valence-corrected chi connectivity index (χ4v) is 1.25. The van der Waals surface area contributed by atoms with Gasteiger partial charge in [0.15, 0.2) is 0 Å². The molecule has 0 bridgehead atoms. The van der Waals surface area contributed by atoms with Gasteiger partial charge in [0.1, 0.15) is 5.82 Å². The van der Waals surface area contributed by atoms with Crippen LogP contribution in [0.2, 0.25) is 0 Å². The second kappa shape index (κ2) is 5.37. The SMILES string of the molecule is C=C[C@H](N)c1ccc(F)c(Br)c1.Cl. The van der Waals surface area contributed by atoms with Crippen molar-refractivity contribution in [2.24, 2.45) is 5.73 Å². The molecule has 0 heterocycles. The maximum Gasteiger partial charge on any atom is 0.137 e. The summed E-state index contributed by atoms with van der Waals surface area (Å²) in [4.78, 5) is 0. The molecular formula is C9H10BrClFN. The summed E-state index contributed by atoms with van der Waals surface area (Å²) in [6.45, 7) is 3.56. The van der Waals surface area contributed by atoms with E-state index in [1.54, 1.807) is 18.2 Å². The molecule has 0 aliphatic carbocycles. The lowest BCUT2D eigenvalue weighted by atomic mass is 10.1. The highest BCUT2D eigenvalue weighted by Gasteiger charge is 2.04. The Morgan fingerprint density at radius 2 is 2.15 bits per heavy atom. The van der Waals surface area contributed by atoms with Crippen molar-refractivity contribution < 1.29 is 4.39 Å². The second-order valence-electron chi connectivity index (χ2n) is 2.44. The van der Waals surface area contributed by atoms with Gasteiger partial charge in [-0.2, -0.15) is 0 Å². The van der Waals surface area contributed by atoms with Crippen LogP contribution in [0.15, 0.2) is 35.3 Å². The zero-order chi connectivity index (χ0) is 9.14. The average Bonchev–Trinajstić information content (AvgIpc) is 2.08. The van der Waals surface area contributed by atoms with Crippen LogP contribution in [0.3, 0.4) is 0 Å². The summed E-state index contributed by atoms with van der Waals surface area (Å²) in [6.07, 6.45) is 1.61. The molecule has 0 aliphatic heterocycles. The van der Waals surface area contributed by atoms with Crippen LogP contribution in [0.4, 0.5) is 4.39 Å². The molecule has 0 spiro atoms. The standard InChI is InChI=1S/C9H9BrFN.ClH/c1-2-9(12)6-3-4-8(11)7(10)5-6;/h2-5,9H,1,12H2;1H/t9-;/m0./s1. The maximum absolute atomic E-state index is 12.8. The van der Waals surface area contributed by atoms with E-state index < -0.39 is 0 Å². The predicted molar refractivity (Wildman–Crippen MR) is 58.5 cm³/mol. The smallest absolute Gasteiger partial charge is 0.137 e. The molecule has 0 saturated carbocycles. The first-order valence-corrected chi connectivity index (χ1v) is 4.27. The highest BCUT2D eigenvalue weighted by molar-refractivity contribution is 9.10. The Bertz CT molecular complexity index is 304. The highest BCUT2D eigenvalue weighted by Crippen LogP contribution is 2.20. The first-order valence-electron chi connectivity index (χ1n) is 3.48. The molecule has 1 aromatic carbocycles. The van der Waals surface area contributed by atoms with Crippen molar-refractivity contribution in [2.45, 2.75) is 6.04 Å². The molecule has 1 aromatic rings. The van der Waals surface area contributed by atoms with E-state index in [1.807, 2.05) is 0 Å². The van der Waals surface area contributed by atoms with Gasteiger partial charge in [0.05, 0.1) is 4.47 Å². The molecule has 0 saturated heterocycles. The van der Waals surface area contributed by atoms with Crippen LogP contribution < -0.4 is 5.73 Å². The Kier molecular flexibility index (Phi) is 5.21. The van der Waals surface area contributed by atoms with E-state index in [0.717, 1.165) is 5.56 Å². The molecule has 1 rings (SSSR count). The molecule has 0 unspecified atom stereocenters. The Balaban J connectivity index is 0.00000144. The van der Waals surface area contributed by atoms with Gasteiger partial charge < -0.3 is 5.73 Å². The molecule has 2 N–H and O–H groups in total. The molecule has 1 nitrogen and oxygen atoms in total. The molecular weight excluding hydrogens is 256 g/mol. The van der Waals surface area contributed by atoms with Crippen molar-refractivity contribution >= 4 is 28.3 Å². The molecule has 72 valence electrons. The van der Waals surface area contributed by atoms with Crippen LogP contribution in [0.1, 0.15) is 11.6 Å². The second-order valence-corrected chi connectivity index (χ2v) is 3.29. The molecule has 1 atom stereocenters. The molecule has 13 heavy (non-hydrogen) atoms. The predicted octanol–water partition coefficient (Wildman–Crippen LogP) is 3.20. The third kappa shape index (κ3) is 3.10. The summed E-state index contributed by atoms with van der Waals surface area (Å²) >= 11 is 3.08. The van der Waals surface area contributed by atoms with Crippen molar-refractivity contribution in [1.29, 1.82) is 0 Å². The van der Waals surface area contributed by atoms with Gasteiger partial charge in [0.2, 0.25) is 0 Å².